The molecular formula is C18H24N2O. The fourth-order valence-corrected chi connectivity index (χ4v) is 3.94. The van der Waals surface area contributed by atoms with E-state index in [9.17, 15) is 5.26 Å². The van der Waals surface area contributed by atoms with Gasteiger partial charge in [-0.3, -0.25) is 4.90 Å². The third-order valence-corrected chi connectivity index (χ3v) is 5.07. The van der Waals surface area contributed by atoms with Crippen molar-refractivity contribution in [3.05, 3.63) is 29.3 Å². The van der Waals surface area contributed by atoms with Gasteiger partial charge in [0.25, 0.3) is 0 Å². The van der Waals surface area contributed by atoms with E-state index in [1.165, 1.54) is 36.8 Å². The predicted molar refractivity (Wildman–Crippen MR) is 83.3 cm³/mol. The molecule has 1 aliphatic carbocycles. The number of nitrogens with zero attached hydrogens (tertiary/aromatic N) is 2. The summed E-state index contributed by atoms with van der Waals surface area (Å²) in [5.41, 5.74) is 2.11. The summed E-state index contributed by atoms with van der Waals surface area (Å²) in [6.07, 6.45) is 8.14. The van der Waals surface area contributed by atoms with Crippen LogP contribution in [0.5, 0.6) is 5.75 Å². The number of rotatable bonds is 2. The third kappa shape index (κ3) is 2.53. The molecule has 1 unspecified atom stereocenters. The second-order valence-electron chi connectivity index (χ2n) is 6.25. The summed E-state index contributed by atoms with van der Waals surface area (Å²) >= 11 is 0. The highest BCUT2D eigenvalue weighted by molar-refractivity contribution is 5.45. The standard InChI is InChI=1S/C18H24N2O/c1-21-16-8-9-17-15(13-16)7-6-10-18(17,14-19)20-11-4-2-3-5-12-20/h8-9,13H,2-7,10-12H2,1H3. The first kappa shape index (κ1) is 14.4. The van der Waals surface area contributed by atoms with Crippen LogP contribution in [0.15, 0.2) is 18.2 Å². The summed E-state index contributed by atoms with van der Waals surface area (Å²) < 4.78 is 5.35. The van der Waals surface area contributed by atoms with Gasteiger partial charge in [0.1, 0.15) is 11.3 Å². The van der Waals surface area contributed by atoms with Crippen molar-refractivity contribution in [2.75, 3.05) is 20.2 Å². The molecule has 1 fully saturated rings. The van der Waals surface area contributed by atoms with Crippen LogP contribution in [0.2, 0.25) is 0 Å². The zero-order valence-electron chi connectivity index (χ0n) is 12.9. The molecule has 1 heterocycles. The molecule has 112 valence electrons. The number of likely N-dealkylation sites (tertiary alicyclic amines) is 1. The Morgan fingerprint density at radius 2 is 1.90 bits per heavy atom. The Morgan fingerprint density at radius 3 is 2.57 bits per heavy atom. The Balaban J connectivity index is 2.02. The first-order valence-electron chi connectivity index (χ1n) is 8.14. The monoisotopic (exact) mass is 284 g/mol. The van der Waals surface area contributed by atoms with Gasteiger partial charge in [0, 0.05) is 0 Å². The van der Waals surface area contributed by atoms with Gasteiger partial charge in [-0.15, -0.1) is 0 Å². The number of hydrogen-bond acceptors (Lipinski definition) is 3. The molecule has 2 aliphatic rings. The summed E-state index contributed by atoms with van der Waals surface area (Å²) in [6, 6.07) is 8.95. The smallest absolute Gasteiger partial charge is 0.135 e. The molecule has 1 aromatic rings. The zero-order chi connectivity index (χ0) is 14.7. The minimum Gasteiger partial charge on any atom is -0.497 e. The molecule has 0 radical (unpaired) electrons. The second-order valence-corrected chi connectivity index (χ2v) is 6.25. The number of fused-ring (bicyclic) bond motifs is 1. The molecular weight excluding hydrogens is 260 g/mol. The molecule has 0 bridgehead atoms. The van der Waals surface area contributed by atoms with Crippen molar-refractivity contribution in [2.45, 2.75) is 50.5 Å². The summed E-state index contributed by atoms with van der Waals surface area (Å²) in [6.45, 7) is 2.11. The lowest BCUT2D eigenvalue weighted by Gasteiger charge is -2.42. The van der Waals surface area contributed by atoms with E-state index < -0.39 is 5.54 Å². The summed E-state index contributed by atoms with van der Waals surface area (Å²) in [7, 11) is 1.71. The van der Waals surface area contributed by atoms with E-state index >= 15 is 0 Å². The van der Waals surface area contributed by atoms with E-state index in [-0.39, 0.29) is 0 Å². The molecule has 3 nitrogen and oxygen atoms in total. The van der Waals surface area contributed by atoms with E-state index in [0.717, 1.165) is 38.1 Å². The molecule has 3 rings (SSSR count). The van der Waals surface area contributed by atoms with Gasteiger partial charge in [0.15, 0.2) is 0 Å². The van der Waals surface area contributed by atoms with Crippen molar-refractivity contribution >= 4 is 0 Å². The Bertz CT molecular complexity index is 541. The number of nitriles is 1. The lowest BCUT2D eigenvalue weighted by atomic mass is 9.76. The Kier molecular flexibility index (Phi) is 4.17. The van der Waals surface area contributed by atoms with Gasteiger partial charge in [-0.25, -0.2) is 0 Å². The van der Waals surface area contributed by atoms with Gasteiger partial charge in [0.2, 0.25) is 0 Å². The molecule has 1 saturated heterocycles. The highest BCUT2D eigenvalue weighted by Gasteiger charge is 2.42. The second kappa shape index (κ2) is 6.07. The maximum absolute atomic E-state index is 10.0. The minimum atomic E-state index is -0.413. The largest absolute Gasteiger partial charge is 0.497 e. The number of ether oxygens (including phenoxy) is 1. The Hall–Kier alpha value is -1.53. The molecule has 1 aliphatic heterocycles. The molecule has 1 atom stereocenters. The van der Waals surface area contributed by atoms with Crippen LogP contribution >= 0.6 is 0 Å². The Labute approximate surface area is 127 Å². The summed E-state index contributed by atoms with van der Waals surface area (Å²) in [4.78, 5) is 2.45. The number of methoxy groups -OCH3 is 1. The highest BCUT2D eigenvalue weighted by atomic mass is 16.5. The predicted octanol–water partition coefficient (Wildman–Crippen LogP) is 3.63. The van der Waals surface area contributed by atoms with Crippen molar-refractivity contribution in [1.82, 2.24) is 4.90 Å². The van der Waals surface area contributed by atoms with Crippen LogP contribution in [0.1, 0.15) is 49.7 Å². The third-order valence-electron chi connectivity index (χ3n) is 5.07. The molecule has 0 amide bonds. The van der Waals surface area contributed by atoms with Gasteiger partial charge >= 0.3 is 0 Å². The summed E-state index contributed by atoms with van der Waals surface area (Å²) in [5.74, 6) is 0.901. The van der Waals surface area contributed by atoms with Crippen LogP contribution in [-0.2, 0) is 12.0 Å². The fourth-order valence-electron chi connectivity index (χ4n) is 3.94. The quantitative estimate of drug-likeness (QED) is 0.832. The molecule has 1 aromatic carbocycles. The van der Waals surface area contributed by atoms with E-state index in [4.69, 9.17) is 4.74 Å². The normalized spacial score (nSPS) is 26.5. The van der Waals surface area contributed by atoms with Gasteiger partial charge in [-0.05, 0) is 68.5 Å². The lowest BCUT2D eigenvalue weighted by molar-refractivity contribution is 0.122. The minimum absolute atomic E-state index is 0.413. The van der Waals surface area contributed by atoms with E-state index in [1.54, 1.807) is 7.11 Å². The van der Waals surface area contributed by atoms with Crippen molar-refractivity contribution in [2.24, 2.45) is 0 Å². The SMILES string of the molecule is COc1ccc2c(c1)CCCC2(C#N)N1CCCCCC1. The molecule has 21 heavy (non-hydrogen) atoms. The number of benzene rings is 1. The molecule has 0 N–H and O–H groups in total. The van der Waals surface area contributed by atoms with E-state index in [2.05, 4.69) is 23.1 Å². The first-order valence-corrected chi connectivity index (χ1v) is 8.14. The van der Waals surface area contributed by atoms with Crippen LogP contribution in [0.25, 0.3) is 0 Å². The van der Waals surface area contributed by atoms with Gasteiger partial charge in [0.05, 0.1) is 13.2 Å². The molecule has 0 saturated carbocycles. The lowest BCUT2D eigenvalue weighted by Crippen LogP contribution is -2.47. The van der Waals surface area contributed by atoms with Crippen molar-refractivity contribution in [3.8, 4) is 11.8 Å². The van der Waals surface area contributed by atoms with Crippen molar-refractivity contribution in [3.63, 3.8) is 0 Å². The van der Waals surface area contributed by atoms with Gasteiger partial charge < -0.3 is 4.74 Å². The van der Waals surface area contributed by atoms with Gasteiger partial charge in [-0.1, -0.05) is 18.9 Å². The highest BCUT2D eigenvalue weighted by Crippen LogP contribution is 2.41. The van der Waals surface area contributed by atoms with Crippen LogP contribution in [0, 0.1) is 11.3 Å². The van der Waals surface area contributed by atoms with Crippen LogP contribution < -0.4 is 4.74 Å². The molecule has 3 heteroatoms. The summed E-state index contributed by atoms with van der Waals surface area (Å²) in [5, 5.41) is 10.0. The average Bonchev–Trinajstić information content (AvgIpc) is 2.83. The van der Waals surface area contributed by atoms with Crippen LogP contribution in [-0.4, -0.2) is 25.1 Å². The average molecular weight is 284 g/mol. The van der Waals surface area contributed by atoms with Crippen LogP contribution in [0.4, 0.5) is 0 Å². The first-order chi connectivity index (χ1) is 10.3. The number of hydrogen-bond donors (Lipinski definition) is 0. The van der Waals surface area contributed by atoms with E-state index in [1.807, 2.05) is 6.07 Å². The van der Waals surface area contributed by atoms with Gasteiger partial charge in [-0.2, -0.15) is 5.26 Å². The zero-order valence-corrected chi connectivity index (χ0v) is 12.9. The van der Waals surface area contributed by atoms with Crippen molar-refractivity contribution in [1.29, 1.82) is 5.26 Å². The van der Waals surface area contributed by atoms with Crippen LogP contribution in [0.3, 0.4) is 0 Å². The molecule has 0 spiro atoms. The van der Waals surface area contributed by atoms with Crippen molar-refractivity contribution < 1.29 is 4.74 Å². The van der Waals surface area contributed by atoms with E-state index in [0.29, 0.717) is 0 Å². The maximum atomic E-state index is 10.0. The fraction of sp³-hybridized carbons (Fsp3) is 0.611. The number of aryl methyl sites for hydroxylation is 1. The topological polar surface area (TPSA) is 36.3 Å². The Morgan fingerprint density at radius 1 is 1.14 bits per heavy atom. The maximum Gasteiger partial charge on any atom is 0.135 e. The molecule has 0 aromatic heterocycles.